The van der Waals surface area contributed by atoms with E-state index < -0.39 is 0 Å². The lowest BCUT2D eigenvalue weighted by Gasteiger charge is -2.27. The molecular weight excluding hydrogens is 304 g/mol. The minimum absolute atomic E-state index is 0.487. The first-order valence-corrected chi connectivity index (χ1v) is 8.03. The molecule has 0 saturated heterocycles. The third kappa shape index (κ3) is 2.23. The van der Waals surface area contributed by atoms with Crippen LogP contribution in [0.3, 0.4) is 0 Å². The second kappa shape index (κ2) is 5.19. The van der Waals surface area contributed by atoms with Crippen molar-refractivity contribution in [1.82, 2.24) is 30.1 Å². The van der Waals surface area contributed by atoms with Gasteiger partial charge in [0.2, 0.25) is 5.95 Å². The van der Waals surface area contributed by atoms with Crippen LogP contribution in [0.25, 0.3) is 22.1 Å². The van der Waals surface area contributed by atoms with Gasteiger partial charge in [0.05, 0.1) is 18.0 Å². The van der Waals surface area contributed by atoms with E-state index in [0.29, 0.717) is 17.6 Å². The van der Waals surface area contributed by atoms with Crippen LogP contribution in [-0.4, -0.2) is 36.2 Å². The molecule has 1 saturated carbocycles. The molecule has 1 aliphatic rings. The summed E-state index contributed by atoms with van der Waals surface area (Å²) in [6.45, 7) is 0. The minimum Gasteiger partial charge on any atom is -0.365 e. The molecule has 0 atom stereocenters. The van der Waals surface area contributed by atoms with E-state index >= 15 is 0 Å². The molecule has 5 rings (SSSR count). The number of fused-ring (bicyclic) bond motifs is 2. The Morgan fingerprint density at radius 3 is 3.00 bits per heavy atom. The van der Waals surface area contributed by atoms with E-state index in [9.17, 15) is 0 Å². The summed E-state index contributed by atoms with van der Waals surface area (Å²) in [6.07, 6.45) is 7.07. The molecule has 0 amide bonds. The van der Waals surface area contributed by atoms with Crippen molar-refractivity contribution in [3.63, 3.8) is 0 Å². The number of aromatic nitrogens is 6. The Bertz CT molecular complexity index is 1010. The fraction of sp³-hybridized carbons (Fsp3) is 0.250. The fourth-order valence-corrected chi connectivity index (χ4v) is 2.88. The number of aromatic amines is 2. The molecule has 24 heavy (non-hydrogen) atoms. The summed E-state index contributed by atoms with van der Waals surface area (Å²) in [6, 6.07) is 6.46. The highest BCUT2D eigenvalue weighted by atomic mass is 15.2. The average molecular weight is 320 g/mol. The highest BCUT2D eigenvalue weighted by molar-refractivity contribution is 5.85. The second-order valence-corrected chi connectivity index (χ2v) is 6.07. The van der Waals surface area contributed by atoms with Crippen molar-refractivity contribution >= 4 is 39.5 Å². The molecule has 1 aromatic carbocycles. The normalized spacial score (nSPS) is 14.8. The lowest BCUT2D eigenvalue weighted by Crippen LogP contribution is -2.27. The van der Waals surface area contributed by atoms with E-state index in [4.69, 9.17) is 0 Å². The number of benzene rings is 1. The smallest absolute Gasteiger partial charge is 0.231 e. The number of rotatable bonds is 4. The first-order valence-electron chi connectivity index (χ1n) is 8.03. The van der Waals surface area contributed by atoms with Gasteiger partial charge in [-0.25, -0.2) is 4.98 Å². The Hall–Kier alpha value is -3.16. The Morgan fingerprint density at radius 1 is 1.17 bits per heavy atom. The second-order valence-electron chi connectivity index (χ2n) is 6.07. The van der Waals surface area contributed by atoms with E-state index in [1.165, 1.54) is 19.3 Å². The summed E-state index contributed by atoms with van der Waals surface area (Å²) in [5.41, 5.74) is 3.36. The molecule has 0 radical (unpaired) electrons. The zero-order chi connectivity index (χ0) is 15.9. The van der Waals surface area contributed by atoms with Gasteiger partial charge in [-0.05, 0) is 37.5 Å². The van der Waals surface area contributed by atoms with Gasteiger partial charge in [-0.2, -0.15) is 15.1 Å². The van der Waals surface area contributed by atoms with Gasteiger partial charge in [-0.15, -0.1) is 0 Å². The third-order valence-electron chi connectivity index (χ3n) is 4.43. The van der Waals surface area contributed by atoms with Crippen LogP contribution < -0.4 is 10.6 Å². The lowest BCUT2D eigenvalue weighted by atomic mass is 9.93. The number of hydrogen-bond donors (Lipinski definition) is 4. The van der Waals surface area contributed by atoms with Crippen molar-refractivity contribution in [3.8, 4) is 0 Å². The molecule has 0 unspecified atom stereocenters. The number of nitrogens with one attached hydrogen (secondary N) is 4. The molecule has 0 aliphatic heterocycles. The molecule has 4 aromatic rings. The van der Waals surface area contributed by atoms with Crippen LogP contribution in [0.4, 0.5) is 17.5 Å². The van der Waals surface area contributed by atoms with Gasteiger partial charge in [0.25, 0.3) is 0 Å². The molecule has 4 N–H and O–H groups in total. The van der Waals surface area contributed by atoms with E-state index in [2.05, 4.69) is 40.8 Å². The molecule has 8 nitrogen and oxygen atoms in total. The number of imidazole rings is 1. The SMILES string of the molecule is c1nc2nc(Nc3ccc4cn[nH]c4c3)nc(NC3CCC3)c2[nH]1. The molecule has 0 bridgehead atoms. The van der Waals surface area contributed by atoms with Crippen molar-refractivity contribution in [2.75, 3.05) is 10.6 Å². The summed E-state index contributed by atoms with van der Waals surface area (Å²) >= 11 is 0. The van der Waals surface area contributed by atoms with Crippen molar-refractivity contribution < 1.29 is 0 Å². The first-order chi connectivity index (χ1) is 11.8. The Morgan fingerprint density at radius 2 is 2.12 bits per heavy atom. The largest absolute Gasteiger partial charge is 0.365 e. The first kappa shape index (κ1) is 13.3. The lowest BCUT2D eigenvalue weighted by molar-refractivity contribution is 0.445. The van der Waals surface area contributed by atoms with E-state index in [1.807, 2.05) is 18.2 Å². The van der Waals surface area contributed by atoms with Crippen LogP contribution in [0, 0.1) is 0 Å². The molecule has 3 heterocycles. The van der Waals surface area contributed by atoms with Gasteiger partial charge in [0.15, 0.2) is 11.5 Å². The molecule has 0 spiro atoms. The summed E-state index contributed by atoms with van der Waals surface area (Å²) in [5.74, 6) is 1.32. The van der Waals surface area contributed by atoms with Gasteiger partial charge < -0.3 is 15.6 Å². The topological polar surface area (TPSA) is 107 Å². The molecule has 3 aromatic heterocycles. The summed E-state index contributed by atoms with van der Waals surface area (Å²) in [5, 5.41) is 14.8. The highest BCUT2D eigenvalue weighted by Gasteiger charge is 2.20. The molecule has 120 valence electrons. The Labute approximate surface area is 137 Å². The Balaban J connectivity index is 1.50. The maximum Gasteiger partial charge on any atom is 0.231 e. The molecule has 1 fully saturated rings. The summed E-state index contributed by atoms with van der Waals surface area (Å²) in [4.78, 5) is 16.5. The van der Waals surface area contributed by atoms with Gasteiger partial charge in [0, 0.05) is 17.1 Å². The molecule has 1 aliphatic carbocycles. The maximum absolute atomic E-state index is 4.63. The number of H-pyrrole nitrogens is 2. The van der Waals surface area contributed by atoms with E-state index in [-0.39, 0.29) is 0 Å². The number of anilines is 3. The molecular formula is C16H16N8. The quantitative estimate of drug-likeness (QED) is 0.460. The maximum atomic E-state index is 4.63. The van der Waals surface area contributed by atoms with Crippen molar-refractivity contribution in [2.24, 2.45) is 0 Å². The van der Waals surface area contributed by atoms with Crippen LogP contribution in [0.15, 0.2) is 30.7 Å². The zero-order valence-corrected chi connectivity index (χ0v) is 12.9. The monoisotopic (exact) mass is 320 g/mol. The van der Waals surface area contributed by atoms with E-state index in [0.717, 1.165) is 27.9 Å². The standard InChI is InChI=1S/C16H16N8/c1-2-10(3-1)20-15-13-14(18-8-17-13)22-16(23-15)21-11-5-4-9-7-19-24-12(9)6-11/h4-8,10H,1-3H2,(H,19,24)(H3,17,18,20,21,22,23). The third-order valence-corrected chi connectivity index (χ3v) is 4.43. The van der Waals surface area contributed by atoms with Crippen LogP contribution in [0.2, 0.25) is 0 Å². The highest BCUT2D eigenvalue weighted by Crippen LogP contribution is 2.27. The van der Waals surface area contributed by atoms with Crippen LogP contribution in [0.1, 0.15) is 19.3 Å². The van der Waals surface area contributed by atoms with Crippen molar-refractivity contribution in [2.45, 2.75) is 25.3 Å². The van der Waals surface area contributed by atoms with Crippen LogP contribution in [-0.2, 0) is 0 Å². The van der Waals surface area contributed by atoms with Gasteiger partial charge in [-0.3, -0.25) is 5.10 Å². The fourth-order valence-electron chi connectivity index (χ4n) is 2.88. The van der Waals surface area contributed by atoms with Gasteiger partial charge in [-0.1, -0.05) is 0 Å². The predicted octanol–water partition coefficient (Wildman–Crippen LogP) is 2.94. The average Bonchev–Trinajstić information content (AvgIpc) is 3.18. The number of hydrogen-bond acceptors (Lipinski definition) is 6. The minimum atomic E-state index is 0.487. The van der Waals surface area contributed by atoms with Crippen LogP contribution >= 0.6 is 0 Å². The van der Waals surface area contributed by atoms with Gasteiger partial charge in [0.1, 0.15) is 5.52 Å². The summed E-state index contributed by atoms with van der Waals surface area (Å²) in [7, 11) is 0. The van der Waals surface area contributed by atoms with E-state index in [1.54, 1.807) is 12.5 Å². The number of nitrogens with zero attached hydrogens (tertiary/aromatic N) is 4. The van der Waals surface area contributed by atoms with Crippen molar-refractivity contribution in [3.05, 3.63) is 30.7 Å². The zero-order valence-electron chi connectivity index (χ0n) is 12.9. The Kier molecular flexibility index (Phi) is 2.87. The van der Waals surface area contributed by atoms with Crippen molar-refractivity contribution in [1.29, 1.82) is 0 Å². The molecule has 8 heteroatoms. The summed E-state index contributed by atoms with van der Waals surface area (Å²) < 4.78 is 0. The predicted molar refractivity (Wildman–Crippen MR) is 92.3 cm³/mol. The van der Waals surface area contributed by atoms with Crippen LogP contribution in [0.5, 0.6) is 0 Å². The van der Waals surface area contributed by atoms with Gasteiger partial charge >= 0.3 is 0 Å².